The summed E-state index contributed by atoms with van der Waals surface area (Å²) in [5.74, 6) is 0.589. The Morgan fingerprint density at radius 2 is 2.00 bits per heavy atom. The molecular formula is C18H16N4O2. The molecule has 0 aliphatic carbocycles. The van der Waals surface area contributed by atoms with E-state index >= 15 is 0 Å². The fraction of sp³-hybridized carbons (Fsp3) is 0.167. The summed E-state index contributed by atoms with van der Waals surface area (Å²) < 4.78 is 5.63. The summed E-state index contributed by atoms with van der Waals surface area (Å²) in [6, 6.07) is 9.70. The molecule has 6 heteroatoms. The van der Waals surface area contributed by atoms with Crippen molar-refractivity contribution >= 4 is 22.1 Å². The molecule has 0 bridgehead atoms. The van der Waals surface area contributed by atoms with Gasteiger partial charge in [0.1, 0.15) is 16.9 Å². The quantitative estimate of drug-likeness (QED) is 0.604. The van der Waals surface area contributed by atoms with E-state index in [1.165, 1.54) is 0 Å². The molecule has 0 aliphatic heterocycles. The Kier molecular flexibility index (Phi) is 3.59. The van der Waals surface area contributed by atoms with Crippen LogP contribution in [0.1, 0.15) is 17.0 Å². The zero-order valence-corrected chi connectivity index (χ0v) is 13.2. The molecule has 4 rings (SSSR count). The topological polar surface area (TPSA) is 83.8 Å². The summed E-state index contributed by atoms with van der Waals surface area (Å²) in [6.45, 7) is 3.14. The Morgan fingerprint density at radius 3 is 2.83 bits per heavy atom. The minimum Gasteiger partial charge on any atom is -0.449 e. The summed E-state index contributed by atoms with van der Waals surface area (Å²) >= 11 is 0. The molecule has 0 radical (unpaired) electrons. The first kappa shape index (κ1) is 14.6. The maximum atomic E-state index is 12.3. The fourth-order valence-corrected chi connectivity index (χ4v) is 2.72. The zero-order valence-electron chi connectivity index (χ0n) is 13.2. The lowest BCUT2D eigenvalue weighted by molar-refractivity contribution is 0.644. The average molecular weight is 320 g/mol. The lowest BCUT2D eigenvalue weighted by atomic mass is 10.2. The summed E-state index contributed by atoms with van der Waals surface area (Å²) in [5.41, 5.74) is 3.53. The van der Waals surface area contributed by atoms with Gasteiger partial charge in [-0.25, -0.2) is 4.98 Å². The van der Waals surface area contributed by atoms with Crippen LogP contribution in [0, 0.1) is 6.92 Å². The van der Waals surface area contributed by atoms with Gasteiger partial charge in [0.25, 0.3) is 5.56 Å². The van der Waals surface area contributed by atoms with Crippen LogP contribution in [-0.4, -0.2) is 15.0 Å². The van der Waals surface area contributed by atoms with E-state index in [0.29, 0.717) is 30.0 Å². The van der Waals surface area contributed by atoms with Crippen molar-refractivity contribution in [3.8, 4) is 0 Å². The number of hydrogen-bond acceptors (Lipinski definition) is 5. The Bertz CT molecular complexity index is 1070. The number of hydrogen-bond donors (Lipinski definition) is 2. The number of aromatic amines is 1. The van der Waals surface area contributed by atoms with Gasteiger partial charge in [0.05, 0.1) is 6.54 Å². The van der Waals surface area contributed by atoms with E-state index in [1.807, 2.05) is 37.3 Å². The minimum absolute atomic E-state index is 0.255. The van der Waals surface area contributed by atoms with Crippen molar-refractivity contribution in [1.29, 1.82) is 0 Å². The minimum atomic E-state index is -0.255. The van der Waals surface area contributed by atoms with Gasteiger partial charge in [-0.2, -0.15) is 0 Å². The van der Waals surface area contributed by atoms with Crippen molar-refractivity contribution < 1.29 is 4.42 Å². The number of aromatic nitrogens is 3. The first-order valence-electron chi connectivity index (χ1n) is 7.72. The molecule has 0 aliphatic rings. The second kappa shape index (κ2) is 5.90. The molecule has 2 N–H and O–H groups in total. The highest BCUT2D eigenvalue weighted by Crippen LogP contribution is 2.25. The van der Waals surface area contributed by atoms with Gasteiger partial charge in [-0.15, -0.1) is 0 Å². The van der Waals surface area contributed by atoms with Crippen molar-refractivity contribution in [3.05, 3.63) is 70.0 Å². The summed E-state index contributed by atoms with van der Waals surface area (Å²) in [4.78, 5) is 23.6. The molecule has 3 heterocycles. The van der Waals surface area contributed by atoms with Crippen LogP contribution in [0.4, 0.5) is 0 Å². The predicted molar refractivity (Wildman–Crippen MR) is 91.7 cm³/mol. The van der Waals surface area contributed by atoms with Crippen LogP contribution in [0.25, 0.3) is 22.1 Å². The predicted octanol–water partition coefficient (Wildman–Crippen LogP) is 2.66. The highest BCUT2D eigenvalue weighted by Gasteiger charge is 2.13. The second-order valence-corrected chi connectivity index (χ2v) is 5.75. The molecule has 0 fully saturated rings. The Balaban J connectivity index is 1.65. The number of benzene rings is 1. The lowest BCUT2D eigenvalue weighted by Crippen LogP contribution is -2.18. The fourth-order valence-electron chi connectivity index (χ4n) is 2.72. The van der Waals surface area contributed by atoms with E-state index in [9.17, 15) is 4.79 Å². The number of pyridine rings is 1. The van der Waals surface area contributed by atoms with Crippen LogP contribution in [-0.2, 0) is 13.1 Å². The van der Waals surface area contributed by atoms with Gasteiger partial charge in [0.15, 0.2) is 0 Å². The van der Waals surface area contributed by atoms with Crippen molar-refractivity contribution in [2.45, 2.75) is 20.0 Å². The molecule has 1 aromatic carbocycles. The monoisotopic (exact) mass is 320 g/mol. The van der Waals surface area contributed by atoms with Gasteiger partial charge in [-0.3, -0.25) is 9.78 Å². The van der Waals surface area contributed by atoms with Crippen LogP contribution in [0.5, 0.6) is 0 Å². The van der Waals surface area contributed by atoms with Crippen LogP contribution >= 0.6 is 0 Å². The standard InChI is InChI=1S/C18H16N4O2/c1-11-2-3-14-13(8-11)16-17(24-14)18(23)22-15(21-16)10-20-9-12-4-6-19-7-5-12/h2-8,20H,9-10H2,1H3,(H,21,22,23). The van der Waals surface area contributed by atoms with Crippen LogP contribution in [0.15, 0.2) is 51.9 Å². The van der Waals surface area contributed by atoms with Gasteiger partial charge < -0.3 is 14.7 Å². The molecule has 24 heavy (non-hydrogen) atoms. The van der Waals surface area contributed by atoms with E-state index in [4.69, 9.17) is 4.42 Å². The molecule has 3 aromatic heterocycles. The molecule has 4 aromatic rings. The first-order chi connectivity index (χ1) is 11.7. The van der Waals surface area contributed by atoms with Gasteiger partial charge in [-0.05, 0) is 36.8 Å². The number of nitrogens with one attached hydrogen (secondary N) is 2. The number of nitrogens with zero attached hydrogens (tertiary/aromatic N) is 2. The van der Waals surface area contributed by atoms with Gasteiger partial charge in [-0.1, -0.05) is 11.6 Å². The molecule has 0 unspecified atom stereocenters. The third-order valence-electron chi connectivity index (χ3n) is 3.90. The number of rotatable bonds is 4. The van der Waals surface area contributed by atoms with Gasteiger partial charge in [0.2, 0.25) is 5.58 Å². The largest absolute Gasteiger partial charge is 0.449 e. The highest BCUT2D eigenvalue weighted by molar-refractivity contribution is 6.02. The normalized spacial score (nSPS) is 11.4. The van der Waals surface area contributed by atoms with Gasteiger partial charge >= 0.3 is 0 Å². The molecular weight excluding hydrogens is 304 g/mol. The van der Waals surface area contributed by atoms with Crippen molar-refractivity contribution in [3.63, 3.8) is 0 Å². The van der Waals surface area contributed by atoms with Crippen LogP contribution in [0.2, 0.25) is 0 Å². The smallest absolute Gasteiger partial charge is 0.294 e. The van der Waals surface area contributed by atoms with E-state index in [2.05, 4.69) is 20.3 Å². The summed E-state index contributed by atoms with van der Waals surface area (Å²) in [6.07, 6.45) is 3.51. The number of aryl methyl sites for hydroxylation is 1. The Hall–Kier alpha value is -2.99. The van der Waals surface area contributed by atoms with Crippen LogP contribution < -0.4 is 10.9 Å². The highest BCUT2D eigenvalue weighted by atomic mass is 16.3. The third-order valence-corrected chi connectivity index (χ3v) is 3.90. The summed E-state index contributed by atoms with van der Waals surface area (Å²) in [7, 11) is 0. The van der Waals surface area contributed by atoms with Crippen molar-refractivity contribution in [2.75, 3.05) is 0 Å². The van der Waals surface area contributed by atoms with Gasteiger partial charge in [0, 0.05) is 24.3 Å². The average Bonchev–Trinajstić information content (AvgIpc) is 2.95. The first-order valence-corrected chi connectivity index (χ1v) is 7.72. The lowest BCUT2D eigenvalue weighted by Gasteiger charge is -2.04. The van der Waals surface area contributed by atoms with E-state index < -0.39 is 0 Å². The second-order valence-electron chi connectivity index (χ2n) is 5.75. The van der Waals surface area contributed by atoms with Crippen molar-refractivity contribution in [2.24, 2.45) is 0 Å². The number of fused-ring (bicyclic) bond motifs is 3. The maximum Gasteiger partial charge on any atom is 0.294 e. The van der Waals surface area contributed by atoms with Crippen molar-refractivity contribution in [1.82, 2.24) is 20.3 Å². The van der Waals surface area contributed by atoms with Crippen LogP contribution in [0.3, 0.4) is 0 Å². The molecule has 0 saturated carbocycles. The van der Waals surface area contributed by atoms with E-state index in [-0.39, 0.29) is 11.1 Å². The molecule has 0 amide bonds. The van der Waals surface area contributed by atoms with E-state index in [0.717, 1.165) is 16.5 Å². The molecule has 120 valence electrons. The molecule has 6 nitrogen and oxygen atoms in total. The molecule has 0 saturated heterocycles. The molecule has 0 atom stereocenters. The number of furan rings is 1. The maximum absolute atomic E-state index is 12.3. The Morgan fingerprint density at radius 1 is 1.17 bits per heavy atom. The zero-order chi connectivity index (χ0) is 16.5. The Labute approximate surface area is 137 Å². The SMILES string of the molecule is Cc1ccc2oc3c(=O)[nH]c(CNCc4ccncc4)nc3c2c1. The van der Waals surface area contributed by atoms with E-state index in [1.54, 1.807) is 12.4 Å². The third kappa shape index (κ3) is 2.68. The molecule has 0 spiro atoms. The number of H-pyrrole nitrogens is 1. The summed E-state index contributed by atoms with van der Waals surface area (Å²) in [5, 5.41) is 4.14.